The smallest absolute Gasteiger partial charge is 0.230 e. The van der Waals surface area contributed by atoms with Gasteiger partial charge >= 0.3 is 0 Å². The first kappa shape index (κ1) is 20.6. The number of amides is 1. The molecule has 0 aliphatic heterocycles. The van der Waals surface area contributed by atoms with Crippen LogP contribution >= 0.6 is 23.2 Å². The zero-order chi connectivity index (χ0) is 19.3. The van der Waals surface area contributed by atoms with Crippen molar-refractivity contribution in [2.75, 3.05) is 11.9 Å². The van der Waals surface area contributed by atoms with Crippen molar-refractivity contribution in [3.8, 4) is 5.75 Å². The van der Waals surface area contributed by atoms with Crippen LogP contribution in [0.15, 0.2) is 36.4 Å². The summed E-state index contributed by atoms with van der Waals surface area (Å²) in [6, 6.07) is 11.2. The molecule has 0 aliphatic carbocycles. The van der Waals surface area contributed by atoms with Crippen molar-refractivity contribution in [2.24, 2.45) is 5.41 Å². The average Bonchev–Trinajstić information content (AvgIpc) is 2.58. The summed E-state index contributed by atoms with van der Waals surface area (Å²) < 4.78 is 5.88. The fraction of sp³-hybridized carbons (Fsp3) is 0.381. The van der Waals surface area contributed by atoms with Crippen molar-refractivity contribution < 1.29 is 9.53 Å². The average molecular weight is 394 g/mol. The number of halogens is 2. The van der Waals surface area contributed by atoms with Gasteiger partial charge in [-0.1, -0.05) is 49.2 Å². The third kappa shape index (κ3) is 5.65. The van der Waals surface area contributed by atoms with Crippen LogP contribution in [0.2, 0.25) is 10.0 Å². The van der Waals surface area contributed by atoms with E-state index < -0.39 is 5.41 Å². The molecule has 0 bridgehead atoms. The molecule has 0 unspecified atom stereocenters. The first-order valence-electron chi connectivity index (χ1n) is 8.65. The molecule has 140 valence electrons. The van der Waals surface area contributed by atoms with Gasteiger partial charge in [-0.05, 0) is 62.1 Å². The number of rotatable bonds is 7. The molecule has 2 rings (SSSR count). The molecule has 0 atom stereocenters. The highest BCUT2D eigenvalue weighted by Gasteiger charge is 2.27. The maximum Gasteiger partial charge on any atom is 0.230 e. The molecule has 0 saturated heterocycles. The Hall–Kier alpha value is -1.71. The van der Waals surface area contributed by atoms with Crippen LogP contribution in [0.3, 0.4) is 0 Å². The largest absolute Gasteiger partial charge is 0.493 e. The van der Waals surface area contributed by atoms with E-state index in [-0.39, 0.29) is 5.91 Å². The first-order valence-corrected chi connectivity index (χ1v) is 9.41. The third-order valence-corrected chi connectivity index (χ3v) is 4.90. The molecule has 1 N–H and O–H groups in total. The predicted octanol–water partition coefficient (Wildman–Crippen LogP) is 6.43. The molecule has 26 heavy (non-hydrogen) atoms. The number of aryl methyl sites for hydroxylation is 2. The van der Waals surface area contributed by atoms with Gasteiger partial charge in [0.15, 0.2) is 0 Å². The molecule has 0 saturated carbocycles. The Morgan fingerprint density at radius 1 is 1.12 bits per heavy atom. The molecule has 3 nitrogen and oxygen atoms in total. The highest BCUT2D eigenvalue weighted by atomic mass is 35.5. The van der Waals surface area contributed by atoms with E-state index in [2.05, 4.69) is 17.4 Å². The van der Waals surface area contributed by atoms with Gasteiger partial charge in [-0.2, -0.15) is 0 Å². The lowest BCUT2D eigenvalue weighted by atomic mass is 9.87. The van der Waals surface area contributed by atoms with E-state index in [9.17, 15) is 4.79 Å². The summed E-state index contributed by atoms with van der Waals surface area (Å²) in [5.74, 6) is 0.811. The quantitative estimate of drug-likeness (QED) is 0.549. The topological polar surface area (TPSA) is 38.3 Å². The van der Waals surface area contributed by atoms with E-state index in [1.54, 1.807) is 18.2 Å². The van der Waals surface area contributed by atoms with Gasteiger partial charge in [-0.3, -0.25) is 4.79 Å². The highest BCUT2D eigenvalue weighted by Crippen LogP contribution is 2.30. The summed E-state index contributed by atoms with van der Waals surface area (Å²) >= 11 is 12.1. The molecule has 0 aromatic heterocycles. The molecule has 0 spiro atoms. The van der Waals surface area contributed by atoms with Crippen molar-refractivity contribution in [3.05, 3.63) is 57.6 Å². The van der Waals surface area contributed by atoms with Crippen molar-refractivity contribution in [3.63, 3.8) is 0 Å². The van der Waals surface area contributed by atoms with Crippen LogP contribution in [0.4, 0.5) is 5.69 Å². The van der Waals surface area contributed by atoms with E-state index in [0.717, 1.165) is 17.7 Å². The standard InChI is InChI=1S/C21H25Cl2NO2/c1-14-6-7-15(2)19(12-14)26-11-5-10-21(3,4)20(25)24-18-13-16(22)8-9-17(18)23/h6-9,12-13H,5,10-11H2,1-4H3,(H,24,25). The van der Waals surface area contributed by atoms with Gasteiger partial charge in [0.1, 0.15) is 5.75 Å². The predicted molar refractivity (Wildman–Crippen MR) is 110 cm³/mol. The monoisotopic (exact) mass is 393 g/mol. The van der Waals surface area contributed by atoms with Crippen LogP contribution in [-0.2, 0) is 4.79 Å². The summed E-state index contributed by atoms with van der Waals surface area (Å²) in [7, 11) is 0. The van der Waals surface area contributed by atoms with E-state index in [1.807, 2.05) is 33.8 Å². The lowest BCUT2D eigenvalue weighted by Gasteiger charge is -2.24. The van der Waals surface area contributed by atoms with Crippen LogP contribution < -0.4 is 10.1 Å². The maximum absolute atomic E-state index is 12.6. The van der Waals surface area contributed by atoms with Gasteiger partial charge in [0, 0.05) is 10.4 Å². The molecule has 0 heterocycles. The number of carbonyl (C=O) groups is 1. The Kier molecular flexibility index (Phi) is 6.96. The Bertz CT molecular complexity index is 788. The van der Waals surface area contributed by atoms with Gasteiger partial charge in [-0.25, -0.2) is 0 Å². The minimum Gasteiger partial charge on any atom is -0.493 e. The molecule has 0 fully saturated rings. The summed E-state index contributed by atoms with van der Waals surface area (Å²) in [5, 5.41) is 3.87. The molecular weight excluding hydrogens is 369 g/mol. The van der Waals surface area contributed by atoms with Crippen molar-refractivity contribution in [1.29, 1.82) is 0 Å². The van der Waals surface area contributed by atoms with Crippen molar-refractivity contribution in [2.45, 2.75) is 40.5 Å². The Morgan fingerprint density at radius 3 is 2.58 bits per heavy atom. The zero-order valence-electron chi connectivity index (χ0n) is 15.7. The van der Waals surface area contributed by atoms with Gasteiger partial charge in [0.25, 0.3) is 0 Å². The van der Waals surface area contributed by atoms with Gasteiger partial charge < -0.3 is 10.1 Å². The molecule has 2 aromatic rings. The Labute approximate surface area is 165 Å². The van der Waals surface area contributed by atoms with Crippen LogP contribution in [0, 0.1) is 19.3 Å². The normalized spacial score (nSPS) is 11.3. The third-order valence-electron chi connectivity index (χ3n) is 4.34. The summed E-state index contributed by atoms with van der Waals surface area (Å²) in [5.41, 5.74) is 2.27. The molecular formula is C21H25Cl2NO2. The number of anilines is 1. The van der Waals surface area contributed by atoms with E-state index in [0.29, 0.717) is 28.8 Å². The summed E-state index contributed by atoms with van der Waals surface area (Å²) in [6.45, 7) is 8.47. The lowest BCUT2D eigenvalue weighted by molar-refractivity contribution is -0.124. The second kappa shape index (κ2) is 8.79. The van der Waals surface area contributed by atoms with Gasteiger partial charge in [0.05, 0.1) is 17.3 Å². The highest BCUT2D eigenvalue weighted by molar-refractivity contribution is 6.35. The molecule has 0 aliphatic rings. The van der Waals surface area contributed by atoms with E-state index in [4.69, 9.17) is 27.9 Å². The fourth-order valence-corrected chi connectivity index (χ4v) is 2.89. The zero-order valence-corrected chi connectivity index (χ0v) is 17.2. The second-order valence-corrected chi connectivity index (χ2v) is 8.03. The number of hydrogen-bond acceptors (Lipinski definition) is 2. The SMILES string of the molecule is Cc1ccc(C)c(OCCCC(C)(C)C(=O)Nc2cc(Cl)ccc2Cl)c1. The van der Waals surface area contributed by atoms with Gasteiger partial charge in [0.2, 0.25) is 5.91 Å². The fourth-order valence-electron chi connectivity index (χ4n) is 2.56. The number of benzene rings is 2. The molecule has 0 radical (unpaired) electrons. The minimum atomic E-state index is -0.545. The number of ether oxygens (including phenoxy) is 1. The summed E-state index contributed by atoms with van der Waals surface area (Å²) in [6.07, 6.45) is 1.47. The first-order chi connectivity index (χ1) is 12.2. The van der Waals surface area contributed by atoms with Crippen LogP contribution in [0.5, 0.6) is 5.75 Å². The molecule has 1 amide bonds. The van der Waals surface area contributed by atoms with Crippen LogP contribution in [-0.4, -0.2) is 12.5 Å². The van der Waals surface area contributed by atoms with Crippen LogP contribution in [0.1, 0.15) is 37.8 Å². The maximum atomic E-state index is 12.6. The van der Waals surface area contributed by atoms with E-state index in [1.165, 1.54) is 5.56 Å². The van der Waals surface area contributed by atoms with Crippen LogP contribution in [0.25, 0.3) is 0 Å². The van der Waals surface area contributed by atoms with Crippen molar-refractivity contribution in [1.82, 2.24) is 0 Å². The number of carbonyl (C=O) groups excluding carboxylic acids is 1. The molecule has 2 aromatic carbocycles. The Balaban J connectivity index is 1.88. The number of hydrogen-bond donors (Lipinski definition) is 1. The summed E-state index contributed by atoms with van der Waals surface area (Å²) in [4.78, 5) is 12.6. The van der Waals surface area contributed by atoms with Crippen molar-refractivity contribution >= 4 is 34.8 Å². The Morgan fingerprint density at radius 2 is 1.85 bits per heavy atom. The molecule has 5 heteroatoms. The lowest BCUT2D eigenvalue weighted by Crippen LogP contribution is -2.31. The second-order valence-electron chi connectivity index (χ2n) is 7.18. The number of nitrogens with one attached hydrogen (secondary N) is 1. The van der Waals surface area contributed by atoms with Gasteiger partial charge in [-0.15, -0.1) is 0 Å². The minimum absolute atomic E-state index is 0.0894. The van der Waals surface area contributed by atoms with E-state index >= 15 is 0 Å².